The molecule has 27 heavy (non-hydrogen) atoms. The first kappa shape index (κ1) is 19.5. The van der Waals surface area contributed by atoms with Crippen LogP contribution in [0.4, 0.5) is 0 Å². The fourth-order valence-electron chi connectivity index (χ4n) is 3.15. The topological polar surface area (TPSA) is 89.1 Å². The predicted molar refractivity (Wildman–Crippen MR) is 104 cm³/mol. The van der Waals surface area contributed by atoms with E-state index in [-0.39, 0.29) is 24.4 Å². The van der Waals surface area contributed by atoms with Crippen LogP contribution in [0.25, 0.3) is 11.4 Å². The average Bonchev–Trinajstić information content (AvgIpc) is 3.41. The summed E-state index contributed by atoms with van der Waals surface area (Å²) in [4.78, 5) is 23.5. The normalized spacial score (nSPS) is 16.9. The minimum absolute atomic E-state index is 0. The first-order chi connectivity index (χ1) is 12.7. The second kappa shape index (κ2) is 8.64. The van der Waals surface area contributed by atoms with Crippen molar-refractivity contribution in [2.45, 2.75) is 18.9 Å². The van der Waals surface area contributed by atoms with Crippen LogP contribution in [0, 0.1) is 0 Å². The Labute approximate surface area is 167 Å². The summed E-state index contributed by atoms with van der Waals surface area (Å²) in [5.74, 6) is 2.03. The molecule has 1 N–H and O–H groups in total. The van der Waals surface area contributed by atoms with Crippen molar-refractivity contribution in [3.8, 4) is 11.4 Å². The van der Waals surface area contributed by atoms with E-state index >= 15 is 0 Å². The molecule has 8 nitrogen and oxygen atoms in total. The first-order valence-electron chi connectivity index (χ1n) is 8.55. The Morgan fingerprint density at radius 1 is 1.48 bits per heavy atom. The van der Waals surface area contributed by atoms with E-state index < -0.39 is 0 Å². The van der Waals surface area contributed by atoms with E-state index in [1.807, 2.05) is 39.5 Å². The van der Waals surface area contributed by atoms with Gasteiger partial charge in [0.2, 0.25) is 17.6 Å². The Kier molecular flexibility index (Phi) is 6.25. The number of imidazole rings is 1. The van der Waals surface area contributed by atoms with Crippen LogP contribution in [0.5, 0.6) is 0 Å². The molecule has 1 amide bonds. The van der Waals surface area contributed by atoms with Crippen molar-refractivity contribution in [1.29, 1.82) is 0 Å². The van der Waals surface area contributed by atoms with E-state index in [9.17, 15) is 4.79 Å². The summed E-state index contributed by atoms with van der Waals surface area (Å²) in [6.45, 7) is 2.16. The minimum atomic E-state index is -0.0553. The van der Waals surface area contributed by atoms with E-state index in [1.54, 1.807) is 17.5 Å². The molecule has 4 heterocycles. The Hall–Kier alpha value is -2.23. The van der Waals surface area contributed by atoms with Gasteiger partial charge in [-0.1, -0.05) is 5.16 Å². The van der Waals surface area contributed by atoms with Crippen LogP contribution in [0.3, 0.4) is 0 Å². The quantitative estimate of drug-likeness (QED) is 0.695. The summed E-state index contributed by atoms with van der Waals surface area (Å²) < 4.78 is 7.25. The van der Waals surface area contributed by atoms with E-state index in [1.165, 1.54) is 0 Å². The molecule has 0 bridgehead atoms. The van der Waals surface area contributed by atoms with Crippen LogP contribution in [0.15, 0.2) is 33.7 Å². The lowest BCUT2D eigenvalue weighted by Crippen LogP contribution is -2.49. The van der Waals surface area contributed by atoms with Crippen LogP contribution in [-0.2, 0) is 18.3 Å². The smallest absolute Gasteiger partial charge is 0.227 e. The molecule has 1 saturated heterocycles. The second-order valence-electron chi connectivity index (χ2n) is 6.23. The zero-order valence-corrected chi connectivity index (χ0v) is 16.5. The summed E-state index contributed by atoms with van der Waals surface area (Å²) in [5, 5.41) is 11.3. The molecule has 0 aliphatic carbocycles. The Balaban J connectivity index is 0.00000210. The summed E-state index contributed by atoms with van der Waals surface area (Å²) >= 11 is 1.58. The average molecular weight is 409 g/mol. The molecule has 1 aliphatic rings. The summed E-state index contributed by atoms with van der Waals surface area (Å²) in [6.07, 6.45) is 4.44. The molecule has 3 aromatic heterocycles. The van der Waals surface area contributed by atoms with Gasteiger partial charge in [0, 0.05) is 62.9 Å². The van der Waals surface area contributed by atoms with Crippen LogP contribution in [-0.4, -0.2) is 50.1 Å². The van der Waals surface area contributed by atoms with Gasteiger partial charge in [0.15, 0.2) is 0 Å². The van der Waals surface area contributed by atoms with E-state index in [0.29, 0.717) is 37.6 Å². The maximum Gasteiger partial charge on any atom is 0.227 e. The third-order valence-corrected chi connectivity index (χ3v) is 5.20. The zero-order valence-electron chi connectivity index (χ0n) is 14.9. The fourth-order valence-corrected chi connectivity index (χ4v) is 3.79. The highest BCUT2D eigenvalue weighted by Gasteiger charge is 2.30. The molecule has 0 radical (unpaired) electrons. The van der Waals surface area contributed by atoms with Gasteiger partial charge in [0.25, 0.3) is 0 Å². The molecule has 10 heteroatoms. The standard InChI is InChI=1S/C17H20N6O2S.ClH/c1-22-7-6-19-17(22)13-10-18-5-8-23(13)15(24)3-2-14-20-16(21-25-14)12-4-9-26-11-12;/h4,6-7,9,11,13,18H,2-3,5,8,10H2,1H3;1H. The number of nitrogens with one attached hydrogen (secondary N) is 1. The Morgan fingerprint density at radius 2 is 2.37 bits per heavy atom. The van der Waals surface area contributed by atoms with Gasteiger partial charge in [-0.3, -0.25) is 4.79 Å². The molecule has 1 atom stereocenters. The molecule has 144 valence electrons. The van der Waals surface area contributed by atoms with E-state index in [4.69, 9.17) is 4.52 Å². The SMILES string of the molecule is Cl.Cn1ccnc1C1CNCCN1C(=O)CCc1nc(-c2ccsc2)no1. The van der Waals surface area contributed by atoms with Crippen molar-refractivity contribution in [1.82, 2.24) is 29.9 Å². The number of carbonyl (C=O) groups is 1. The van der Waals surface area contributed by atoms with Crippen LogP contribution < -0.4 is 5.32 Å². The number of hydrogen-bond donors (Lipinski definition) is 1. The number of amides is 1. The van der Waals surface area contributed by atoms with Crippen LogP contribution in [0.1, 0.15) is 24.2 Å². The zero-order chi connectivity index (χ0) is 17.9. The van der Waals surface area contributed by atoms with Gasteiger partial charge in [-0.25, -0.2) is 4.98 Å². The number of nitrogens with zero attached hydrogens (tertiary/aromatic N) is 5. The lowest BCUT2D eigenvalue weighted by Gasteiger charge is -2.35. The number of rotatable bonds is 5. The number of piperazine rings is 1. The van der Waals surface area contributed by atoms with Gasteiger partial charge in [-0.2, -0.15) is 16.3 Å². The highest BCUT2D eigenvalue weighted by Crippen LogP contribution is 2.22. The van der Waals surface area contributed by atoms with Gasteiger partial charge in [0.05, 0.1) is 0 Å². The molecule has 3 aromatic rings. The molecule has 1 fully saturated rings. The van der Waals surface area contributed by atoms with Gasteiger partial charge in [-0.05, 0) is 11.4 Å². The first-order valence-corrected chi connectivity index (χ1v) is 9.49. The van der Waals surface area contributed by atoms with Crippen molar-refractivity contribution in [3.63, 3.8) is 0 Å². The number of hydrogen-bond acceptors (Lipinski definition) is 7. The third kappa shape index (κ3) is 4.20. The van der Waals surface area contributed by atoms with Gasteiger partial charge in [0.1, 0.15) is 11.9 Å². The lowest BCUT2D eigenvalue weighted by molar-refractivity contribution is -0.134. The molecular weight excluding hydrogens is 388 g/mol. The lowest BCUT2D eigenvalue weighted by atomic mass is 10.1. The van der Waals surface area contributed by atoms with Crippen LogP contribution in [0.2, 0.25) is 0 Å². The molecule has 0 aromatic carbocycles. The molecule has 1 aliphatic heterocycles. The number of carbonyl (C=O) groups excluding carboxylic acids is 1. The maximum absolute atomic E-state index is 12.8. The third-order valence-electron chi connectivity index (χ3n) is 4.52. The van der Waals surface area contributed by atoms with Gasteiger partial charge in [-0.15, -0.1) is 12.4 Å². The predicted octanol–water partition coefficient (Wildman–Crippen LogP) is 2.06. The van der Waals surface area contributed by atoms with Crippen molar-refractivity contribution in [2.24, 2.45) is 7.05 Å². The van der Waals surface area contributed by atoms with E-state index in [0.717, 1.165) is 17.9 Å². The molecule has 4 rings (SSSR count). The number of thiophene rings is 1. The van der Waals surface area contributed by atoms with Crippen molar-refractivity contribution in [2.75, 3.05) is 19.6 Å². The number of halogens is 1. The number of aromatic nitrogens is 4. The molecule has 0 saturated carbocycles. The highest BCUT2D eigenvalue weighted by molar-refractivity contribution is 7.08. The number of aryl methyl sites for hydroxylation is 2. The molecule has 1 unspecified atom stereocenters. The van der Waals surface area contributed by atoms with Crippen molar-refractivity contribution >= 4 is 29.7 Å². The largest absolute Gasteiger partial charge is 0.339 e. The van der Waals surface area contributed by atoms with Crippen molar-refractivity contribution in [3.05, 3.63) is 40.9 Å². The van der Waals surface area contributed by atoms with Crippen LogP contribution >= 0.6 is 23.7 Å². The van der Waals surface area contributed by atoms with E-state index in [2.05, 4.69) is 20.4 Å². The summed E-state index contributed by atoms with van der Waals surface area (Å²) in [5.41, 5.74) is 0.938. The second-order valence-corrected chi connectivity index (χ2v) is 7.01. The monoisotopic (exact) mass is 408 g/mol. The Morgan fingerprint density at radius 3 is 3.11 bits per heavy atom. The van der Waals surface area contributed by atoms with Gasteiger partial charge < -0.3 is 19.3 Å². The summed E-state index contributed by atoms with van der Waals surface area (Å²) in [7, 11) is 1.95. The van der Waals surface area contributed by atoms with Gasteiger partial charge >= 0.3 is 0 Å². The maximum atomic E-state index is 12.8. The highest BCUT2D eigenvalue weighted by atomic mass is 35.5. The van der Waals surface area contributed by atoms with Crippen molar-refractivity contribution < 1.29 is 9.32 Å². The Bertz CT molecular complexity index is 878. The fraction of sp³-hybridized carbons (Fsp3) is 0.412. The minimum Gasteiger partial charge on any atom is -0.339 e. The molecular formula is C17H21ClN6O2S. The summed E-state index contributed by atoms with van der Waals surface area (Å²) in [6, 6.07) is 1.89. The molecule has 0 spiro atoms.